The molecule has 3 heterocycles. The van der Waals surface area contributed by atoms with E-state index in [9.17, 15) is 4.79 Å². The van der Waals surface area contributed by atoms with Crippen LogP contribution in [0.25, 0.3) is 5.82 Å². The molecule has 23 heavy (non-hydrogen) atoms. The first-order chi connectivity index (χ1) is 11.2. The van der Waals surface area contributed by atoms with Crippen LogP contribution in [-0.2, 0) is 0 Å². The number of ether oxygens (including phenoxy) is 1. The number of nitrogens with zero attached hydrogens (tertiary/aromatic N) is 4. The highest BCUT2D eigenvalue weighted by atomic mass is 16.5. The summed E-state index contributed by atoms with van der Waals surface area (Å²) in [4.78, 5) is 20.9. The van der Waals surface area contributed by atoms with E-state index in [1.165, 1.54) is 0 Å². The maximum Gasteiger partial charge on any atom is 0.274 e. The Balaban J connectivity index is 1.82. The lowest BCUT2D eigenvalue weighted by Gasteiger charge is -2.09. The average Bonchev–Trinajstić information content (AvgIpc) is 3.11. The van der Waals surface area contributed by atoms with Gasteiger partial charge in [-0.15, -0.1) is 0 Å². The van der Waals surface area contributed by atoms with E-state index in [1.807, 2.05) is 0 Å². The van der Waals surface area contributed by atoms with Crippen LogP contribution in [-0.4, -0.2) is 32.8 Å². The molecular weight excluding hydrogens is 294 g/mol. The summed E-state index contributed by atoms with van der Waals surface area (Å²) in [5, 5.41) is 6.90. The molecule has 1 N–H and O–H groups in total. The van der Waals surface area contributed by atoms with Gasteiger partial charge in [0.1, 0.15) is 5.69 Å². The molecule has 0 fully saturated rings. The summed E-state index contributed by atoms with van der Waals surface area (Å²) in [6.07, 6.45) is 3.42. The molecule has 116 valence electrons. The van der Waals surface area contributed by atoms with E-state index in [-0.39, 0.29) is 5.91 Å². The van der Waals surface area contributed by atoms with Crippen molar-refractivity contribution in [1.82, 2.24) is 19.7 Å². The number of rotatable bonds is 4. The predicted octanol–water partition coefficient (Wildman–Crippen LogP) is 2.23. The molecule has 0 radical (unpaired) electrons. The van der Waals surface area contributed by atoms with Crippen LogP contribution in [0.5, 0.6) is 5.88 Å². The minimum absolute atomic E-state index is 0.299. The highest BCUT2D eigenvalue weighted by molar-refractivity contribution is 6.03. The third kappa shape index (κ3) is 3.18. The Morgan fingerprint density at radius 1 is 1.17 bits per heavy atom. The normalized spacial score (nSPS) is 10.3. The predicted molar refractivity (Wildman–Crippen MR) is 84.8 cm³/mol. The van der Waals surface area contributed by atoms with Gasteiger partial charge in [0.15, 0.2) is 5.82 Å². The lowest BCUT2D eigenvalue weighted by Crippen LogP contribution is -2.16. The number of carbonyl (C=O) groups is 1. The largest absolute Gasteiger partial charge is 0.481 e. The topological polar surface area (TPSA) is 81.9 Å². The van der Waals surface area contributed by atoms with Crippen molar-refractivity contribution in [3.05, 3.63) is 60.2 Å². The van der Waals surface area contributed by atoms with E-state index in [0.717, 1.165) is 0 Å². The number of aromatic nitrogens is 4. The number of anilines is 1. The van der Waals surface area contributed by atoms with Crippen LogP contribution in [0.15, 0.2) is 48.8 Å². The molecule has 3 aromatic heterocycles. The second-order valence-corrected chi connectivity index (χ2v) is 4.77. The smallest absolute Gasteiger partial charge is 0.274 e. The Morgan fingerprint density at radius 2 is 2.04 bits per heavy atom. The van der Waals surface area contributed by atoms with Gasteiger partial charge in [-0.05, 0) is 31.2 Å². The fourth-order valence-corrected chi connectivity index (χ4v) is 2.05. The second kappa shape index (κ2) is 6.27. The van der Waals surface area contributed by atoms with Gasteiger partial charge in [-0.1, -0.05) is 6.07 Å². The molecule has 0 aliphatic heterocycles. The number of methoxy groups -OCH3 is 1. The first-order valence-electron chi connectivity index (χ1n) is 6.97. The van der Waals surface area contributed by atoms with Gasteiger partial charge in [0, 0.05) is 18.5 Å². The number of pyridine rings is 2. The molecule has 0 atom stereocenters. The first kappa shape index (κ1) is 14.7. The number of aryl methyl sites for hydroxylation is 1. The van der Waals surface area contributed by atoms with Crippen LogP contribution >= 0.6 is 0 Å². The molecule has 0 unspecified atom stereocenters. The minimum Gasteiger partial charge on any atom is -0.481 e. The Labute approximate surface area is 133 Å². The van der Waals surface area contributed by atoms with Crippen molar-refractivity contribution < 1.29 is 9.53 Å². The molecule has 0 aromatic carbocycles. The third-order valence-corrected chi connectivity index (χ3v) is 3.22. The van der Waals surface area contributed by atoms with Crippen molar-refractivity contribution in [1.29, 1.82) is 0 Å². The zero-order valence-corrected chi connectivity index (χ0v) is 12.7. The maximum absolute atomic E-state index is 12.4. The fourth-order valence-electron chi connectivity index (χ4n) is 2.05. The van der Waals surface area contributed by atoms with Crippen LogP contribution in [0, 0.1) is 6.92 Å². The number of hydrogen-bond donors (Lipinski definition) is 1. The zero-order valence-electron chi connectivity index (χ0n) is 12.7. The van der Waals surface area contributed by atoms with Gasteiger partial charge in [0.25, 0.3) is 5.91 Å². The van der Waals surface area contributed by atoms with E-state index in [1.54, 1.807) is 67.5 Å². The summed E-state index contributed by atoms with van der Waals surface area (Å²) >= 11 is 0. The van der Waals surface area contributed by atoms with Gasteiger partial charge in [-0.3, -0.25) is 4.79 Å². The SMILES string of the molecule is COc1ccc(NC(=O)c2cccc(-n3cccn3)n2)c(C)n1. The van der Waals surface area contributed by atoms with Crippen molar-refractivity contribution in [2.75, 3.05) is 12.4 Å². The summed E-state index contributed by atoms with van der Waals surface area (Å²) in [6.45, 7) is 1.80. The Kier molecular flexibility index (Phi) is 4.01. The van der Waals surface area contributed by atoms with Crippen LogP contribution in [0.4, 0.5) is 5.69 Å². The van der Waals surface area contributed by atoms with Crippen LogP contribution < -0.4 is 10.1 Å². The molecule has 3 aromatic rings. The van der Waals surface area contributed by atoms with Crippen LogP contribution in [0.3, 0.4) is 0 Å². The van der Waals surface area contributed by atoms with Crippen molar-refractivity contribution in [2.45, 2.75) is 6.92 Å². The molecule has 0 aliphatic carbocycles. The van der Waals surface area contributed by atoms with Crippen molar-refractivity contribution >= 4 is 11.6 Å². The summed E-state index contributed by atoms with van der Waals surface area (Å²) in [7, 11) is 1.55. The Hall–Kier alpha value is -3.22. The first-order valence-corrected chi connectivity index (χ1v) is 6.97. The van der Waals surface area contributed by atoms with Gasteiger partial charge in [-0.25, -0.2) is 14.6 Å². The molecule has 0 aliphatic rings. The van der Waals surface area contributed by atoms with Gasteiger partial charge in [0.2, 0.25) is 5.88 Å². The maximum atomic E-state index is 12.4. The molecular formula is C16H15N5O2. The van der Waals surface area contributed by atoms with Crippen LogP contribution in [0.2, 0.25) is 0 Å². The molecule has 7 heteroatoms. The average molecular weight is 309 g/mol. The zero-order chi connectivity index (χ0) is 16.2. The third-order valence-electron chi connectivity index (χ3n) is 3.22. The molecule has 0 spiro atoms. The van der Waals surface area contributed by atoms with E-state index in [4.69, 9.17) is 4.74 Å². The molecule has 0 bridgehead atoms. The van der Waals surface area contributed by atoms with E-state index in [2.05, 4.69) is 20.4 Å². The van der Waals surface area contributed by atoms with Gasteiger partial charge in [0.05, 0.1) is 18.5 Å². The summed E-state index contributed by atoms with van der Waals surface area (Å²) in [5.74, 6) is 0.764. The standard InChI is InChI=1S/C16H15N5O2/c1-11-12(7-8-15(18-11)23-2)20-16(22)13-5-3-6-14(19-13)21-10-4-9-17-21/h3-10H,1-2H3,(H,20,22). The van der Waals surface area contributed by atoms with E-state index >= 15 is 0 Å². The van der Waals surface area contributed by atoms with Crippen molar-refractivity contribution in [3.63, 3.8) is 0 Å². The summed E-state index contributed by atoms with van der Waals surface area (Å²) < 4.78 is 6.65. The van der Waals surface area contributed by atoms with E-state index < -0.39 is 0 Å². The molecule has 0 saturated heterocycles. The monoisotopic (exact) mass is 309 g/mol. The Bertz CT molecular complexity index is 830. The Morgan fingerprint density at radius 3 is 2.74 bits per heavy atom. The highest BCUT2D eigenvalue weighted by Gasteiger charge is 2.11. The van der Waals surface area contributed by atoms with Gasteiger partial charge >= 0.3 is 0 Å². The van der Waals surface area contributed by atoms with Crippen LogP contribution in [0.1, 0.15) is 16.2 Å². The van der Waals surface area contributed by atoms with Crippen molar-refractivity contribution in [3.8, 4) is 11.7 Å². The number of nitrogens with one attached hydrogen (secondary N) is 1. The summed E-state index contributed by atoms with van der Waals surface area (Å²) in [6, 6.07) is 10.4. The number of carbonyl (C=O) groups excluding carboxylic acids is 1. The van der Waals surface area contributed by atoms with E-state index in [0.29, 0.717) is 28.8 Å². The highest BCUT2D eigenvalue weighted by Crippen LogP contribution is 2.17. The molecule has 0 saturated carbocycles. The minimum atomic E-state index is -0.311. The quantitative estimate of drug-likeness (QED) is 0.799. The van der Waals surface area contributed by atoms with Gasteiger partial charge < -0.3 is 10.1 Å². The lowest BCUT2D eigenvalue weighted by molar-refractivity contribution is 0.102. The summed E-state index contributed by atoms with van der Waals surface area (Å²) in [5.41, 5.74) is 1.58. The number of hydrogen-bond acceptors (Lipinski definition) is 5. The second-order valence-electron chi connectivity index (χ2n) is 4.77. The fraction of sp³-hybridized carbons (Fsp3) is 0.125. The lowest BCUT2D eigenvalue weighted by atomic mass is 10.2. The van der Waals surface area contributed by atoms with Gasteiger partial charge in [-0.2, -0.15) is 5.10 Å². The molecule has 3 rings (SSSR count). The molecule has 7 nitrogen and oxygen atoms in total. The molecule has 1 amide bonds. The van der Waals surface area contributed by atoms with Crippen molar-refractivity contribution in [2.24, 2.45) is 0 Å². The number of amides is 1.